The minimum atomic E-state index is -0.365. The summed E-state index contributed by atoms with van der Waals surface area (Å²) in [6.07, 6.45) is 2.85. The minimum absolute atomic E-state index is 0.365. The van der Waals surface area contributed by atoms with Gasteiger partial charge in [-0.25, -0.2) is 0 Å². The molecule has 1 aliphatic rings. The molecule has 1 fully saturated rings. The molecule has 0 bridgehead atoms. The molecule has 2 aromatic carbocycles. The van der Waals surface area contributed by atoms with Gasteiger partial charge in [0.25, 0.3) is 0 Å². The van der Waals surface area contributed by atoms with Gasteiger partial charge in [-0.3, -0.25) is 0 Å². The summed E-state index contributed by atoms with van der Waals surface area (Å²) in [4.78, 5) is 0. The average molecular weight is 267 g/mol. The first kappa shape index (κ1) is 13.3. The molecule has 2 nitrogen and oxygen atoms in total. The molecule has 0 spiro atoms. The summed E-state index contributed by atoms with van der Waals surface area (Å²) in [5.74, 6) is 0. The number of benzene rings is 2. The van der Waals surface area contributed by atoms with E-state index in [1.807, 2.05) is 30.3 Å². The molecule has 2 N–H and O–H groups in total. The monoisotopic (exact) mass is 267 g/mol. The molecular weight excluding hydrogens is 246 g/mol. The summed E-state index contributed by atoms with van der Waals surface area (Å²) >= 11 is 0. The summed E-state index contributed by atoms with van der Waals surface area (Å²) < 4.78 is 0. The Morgan fingerprint density at radius 3 is 2.35 bits per heavy atom. The standard InChI is InChI=1S/C18H21NO/c20-18(13-17-7-4-12-19-17)16-10-8-15(9-11-16)14-5-2-1-3-6-14/h1-3,5-6,8-11,17-20H,4,7,12-13H2. The van der Waals surface area contributed by atoms with Crippen LogP contribution in [0.15, 0.2) is 54.6 Å². The summed E-state index contributed by atoms with van der Waals surface area (Å²) in [5, 5.41) is 13.7. The van der Waals surface area contributed by atoms with E-state index in [1.165, 1.54) is 24.0 Å². The fraction of sp³-hybridized carbons (Fsp3) is 0.333. The first-order chi connectivity index (χ1) is 9.83. The Balaban J connectivity index is 1.69. The number of hydrogen-bond acceptors (Lipinski definition) is 2. The molecule has 1 saturated heterocycles. The van der Waals surface area contributed by atoms with Crippen molar-refractivity contribution in [1.82, 2.24) is 5.32 Å². The van der Waals surface area contributed by atoms with Crippen LogP contribution in [0.4, 0.5) is 0 Å². The minimum Gasteiger partial charge on any atom is -0.388 e. The van der Waals surface area contributed by atoms with Gasteiger partial charge in [-0.05, 0) is 42.5 Å². The molecule has 1 aliphatic heterocycles. The maximum absolute atomic E-state index is 10.3. The number of hydrogen-bond donors (Lipinski definition) is 2. The van der Waals surface area contributed by atoms with Crippen LogP contribution >= 0.6 is 0 Å². The Hall–Kier alpha value is -1.64. The largest absolute Gasteiger partial charge is 0.388 e. The molecule has 0 aliphatic carbocycles. The van der Waals surface area contributed by atoms with Crippen molar-refractivity contribution in [2.24, 2.45) is 0 Å². The van der Waals surface area contributed by atoms with Crippen LogP contribution < -0.4 is 5.32 Å². The Morgan fingerprint density at radius 2 is 1.70 bits per heavy atom. The van der Waals surface area contributed by atoms with Gasteiger partial charge in [0, 0.05) is 6.04 Å². The van der Waals surface area contributed by atoms with E-state index in [-0.39, 0.29) is 6.10 Å². The van der Waals surface area contributed by atoms with E-state index < -0.39 is 0 Å². The molecule has 1 heterocycles. The molecule has 104 valence electrons. The molecule has 2 atom stereocenters. The van der Waals surface area contributed by atoms with Gasteiger partial charge in [-0.2, -0.15) is 0 Å². The lowest BCUT2D eigenvalue weighted by Crippen LogP contribution is -2.23. The second-order valence-corrected chi connectivity index (χ2v) is 5.53. The molecule has 20 heavy (non-hydrogen) atoms. The lowest BCUT2D eigenvalue weighted by atomic mass is 9.98. The van der Waals surface area contributed by atoms with Crippen molar-refractivity contribution in [2.75, 3.05) is 6.54 Å². The number of nitrogens with one attached hydrogen (secondary N) is 1. The molecule has 2 heteroatoms. The van der Waals surface area contributed by atoms with Crippen LogP contribution in [0.1, 0.15) is 30.9 Å². The average Bonchev–Trinajstić information content (AvgIpc) is 3.01. The van der Waals surface area contributed by atoms with Crippen LogP contribution in [0.25, 0.3) is 11.1 Å². The smallest absolute Gasteiger partial charge is 0.0804 e. The topological polar surface area (TPSA) is 32.3 Å². The summed E-state index contributed by atoms with van der Waals surface area (Å²) in [5.41, 5.74) is 3.42. The molecular formula is C18H21NO. The van der Waals surface area contributed by atoms with E-state index in [9.17, 15) is 5.11 Å². The van der Waals surface area contributed by atoms with Crippen molar-refractivity contribution in [2.45, 2.75) is 31.4 Å². The van der Waals surface area contributed by atoms with Gasteiger partial charge in [-0.1, -0.05) is 54.6 Å². The first-order valence-corrected chi connectivity index (χ1v) is 7.40. The lowest BCUT2D eigenvalue weighted by molar-refractivity contribution is 0.154. The van der Waals surface area contributed by atoms with Crippen molar-refractivity contribution in [1.29, 1.82) is 0 Å². The second-order valence-electron chi connectivity index (χ2n) is 5.53. The van der Waals surface area contributed by atoms with Gasteiger partial charge in [0.2, 0.25) is 0 Å². The zero-order valence-corrected chi connectivity index (χ0v) is 11.6. The van der Waals surface area contributed by atoms with Gasteiger partial charge < -0.3 is 10.4 Å². The van der Waals surface area contributed by atoms with Gasteiger partial charge in [0.05, 0.1) is 6.10 Å². The van der Waals surface area contributed by atoms with Crippen molar-refractivity contribution in [3.8, 4) is 11.1 Å². The van der Waals surface area contributed by atoms with Crippen LogP contribution in [-0.2, 0) is 0 Å². The summed E-state index contributed by atoms with van der Waals surface area (Å²) in [7, 11) is 0. The van der Waals surface area contributed by atoms with Crippen LogP contribution in [0.2, 0.25) is 0 Å². The highest BCUT2D eigenvalue weighted by Crippen LogP contribution is 2.25. The van der Waals surface area contributed by atoms with Gasteiger partial charge in [-0.15, -0.1) is 0 Å². The van der Waals surface area contributed by atoms with Crippen LogP contribution in [0.3, 0.4) is 0 Å². The quantitative estimate of drug-likeness (QED) is 0.888. The van der Waals surface area contributed by atoms with E-state index in [2.05, 4.69) is 29.6 Å². The van der Waals surface area contributed by atoms with Crippen LogP contribution in [0.5, 0.6) is 0 Å². The number of aliphatic hydroxyl groups excluding tert-OH is 1. The van der Waals surface area contributed by atoms with Gasteiger partial charge >= 0.3 is 0 Å². The maximum Gasteiger partial charge on any atom is 0.0804 e. The Bertz CT molecular complexity index is 529. The fourth-order valence-corrected chi connectivity index (χ4v) is 2.89. The highest BCUT2D eigenvalue weighted by molar-refractivity contribution is 5.63. The molecule has 2 aromatic rings. The van der Waals surface area contributed by atoms with Crippen molar-refractivity contribution >= 4 is 0 Å². The third kappa shape index (κ3) is 3.09. The first-order valence-electron chi connectivity index (χ1n) is 7.40. The van der Waals surface area contributed by atoms with E-state index in [0.29, 0.717) is 6.04 Å². The third-order valence-corrected chi connectivity index (χ3v) is 4.07. The predicted molar refractivity (Wildman–Crippen MR) is 82.5 cm³/mol. The number of rotatable bonds is 4. The highest BCUT2D eigenvalue weighted by Gasteiger charge is 2.19. The maximum atomic E-state index is 10.3. The van der Waals surface area contributed by atoms with Crippen molar-refractivity contribution in [3.05, 3.63) is 60.2 Å². The SMILES string of the molecule is OC(CC1CCCN1)c1ccc(-c2ccccc2)cc1. The Morgan fingerprint density at radius 1 is 1.00 bits per heavy atom. The summed E-state index contributed by atoms with van der Waals surface area (Å²) in [6, 6.07) is 19.1. The van der Waals surface area contributed by atoms with Crippen LogP contribution in [0, 0.1) is 0 Å². The molecule has 0 radical (unpaired) electrons. The van der Waals surface area contributed by atoms with E-state index in [1.54, 1.807) is 0 Å². The Kier molecular flexibility index (Phi) is 4.14. The Labute approximate surface area is 120 Å². The number of aliphatic hydroxyl groups is 1. The van der Waals surface area contributed by atoms with E-state index in [0.717, 1.165) is 18.5 Å². The molecule has 0 saturated carbocycles. The normalized spacial score (nSPS) is 19.9. The molecule has 3 rings (SSSR count). The lowest BCUT2D eigenvalue weighted by Gasteiger charge is -2.16. The molecule has 2 unspecified atom stereocenters. The second kappa shape index (κ2) is 6.21. The molecule has 0 aromatic heterocycles. The predicted octanol–water partition coefficient (Wildman–Crippen LogP) is 3.53. The molecule has 0 amide bonds. The zero-order chi connectivity index (χ0) is 13.8. The van der Waals surface area contributed by atoms with Gasteiger partial charge in [0.1, 0.15) is 0 Å². The van der Waals surface area contributed by atoms with E-state index in [4.69, 9.17) is 0 Å². The highest BCUT2D eigenvalue weighted by atomic mass is 16.3. The zero-order valence-electron chi connectivity index (χ0n) is 11.6. The third-order valence-electron chi connectivity index (χ3n) is 4.07. The van der Waals surface area contributed by atoms with Crippen molar-refractivity contribution < 1.29 is 5.11 Å². The summed E-state index contributed by atoms with van der Waals surface area (Å²) in [6.45, 7) is 1.09. The van der Waals surface area contributed by atoms with E-state index >= 15 is 0 Å². The fourth-order valence-electron chi connectivity index (χ4n) is 2.89. The van der Waals surface area contributed by atoms with Gasteiger partial charge in [0.15, 0.2) is 0 Å². The van der Waals surface area contributed by atoms with Crippen LogP contribution in [-0.4, -0.2) is 17.7 Å². The van der Waals surface area contributed by atoms with Crippen molar-refractivity contribution in [3.63, 3.8) is 0 Å².